The topological polar surface area (TPSA) is 78.5 Å². The molecule has 3 amide bonds. The average Bonchev–Trinajstić information content (AvgIpc) is 2.87. The van der Waals surface area contributed by atoms with Crippen molar-refractivity contribution in [3.05, 3.63) is 24.3 Å². The van der Waals surface area contributed by atoms with E-state index in [4.69, 9.17) is 0 Å². The van der Waals surface area contributed by atoms with Crippen LogP contribution in [-0.4, -0.2) is 30.8 Å². The third kappa shape index (κ3) is 3.84. The Hall–Kier alpha value is -2.37. The van der Waals surface area contributed by atoms with Gasteiger partial charge < -0.3 is 15.5 Å². The zero-order valence-corrected chi connectivity index (χ0v) is 12.9. The van der Waals surface area contributed by atoms with Crippen molar-refractivity contribution in [2.75, 3.05) is 23.3 Å². The van der Waals surface area contributed by atoms with Crippen molar-refractivity contribution in [3.63, 3.8) is 0 Å². The predicted octanol–water partition coefficient (Wildman–Crippen LogP) is 1.52. The Morgan fingerprint density at radius 2 is 1.95 bits per heavy atom. The van der Waals surface area contributed by atoms with Gasteiger partial charge in [0.15, 0.2) is 0 Å². The number of amides is 3. The van der Waals surface area contributed by atoms with Crippen molar-refractivity contribution in [2.24, 2.45) is 5.92 Å². The molecule has 1 fully saturated rings. The smallest absolute Gasteiger partial charge is 0.227 e. The Kier molecular flexibility index (Phi) is 5.14. The fourth-order valence-electron chi connectivity index (χ4n) is 2.45. The minimum absolute atomic E-state index is 0.0519. The first-order valence-corrected chi connectivity index (χ1v) is 7.47. The number of carbonyl (C=O) groups is 3. The van der Waals surface area contributed by atoms with Gasteiger partial charge in [-0.2, -0.15) is 0 Å². The molecule has 1 saturated heterocycles. The summed E-state index contributed by atoms with van der Waals surface area (Å²) in [6, 6.07) is 7.04. The van der Waals surface area contributed by atoms with E-state index in [2.05, 4.69) is 10.6 Å². The number of anilines is 2. The Morgan fingerprint density at radius 1 is 1.27 bits per heavy atom. The third-order valence-corrected chi connectivity index (χ3v) is 3.54. The van der Waals surface area contributed by atoms with Gasteiger partial charge in [0.2, 0.25) is 17.7 Å². The normalized spacial score (nSPS) is 17.5. The summed E-state index contributed by atoms with van der Waals surface area (Å²) in [5.41, 5.74) is 1.42. The third-order valence-electron chi connectivity index (χ3n) is 3.54. The van der Waals surface area contributed by atoms with Gasteiger partial charge in [-0.3, -0.25) is 14.4 Å². The first-order valence-electron chi connectivity index (χ1n) is 7.47. The highest BCUT2D eigenvalue weighted by Gasteiger charge is 2.34. The van der Waals surface area contributed by atoms with E-state index >= 15 is 0 Å². The Balaban J connectivity index is 2.02. The molecule has 0 spiro atoms. The summed E-state index contributed by atoms with van der Waals surface area (Å²) in [7, 11) is 0. The molecule has 0 radical (unpaired) electrons. The minimum atomic E-state index is -0.297. The molecule has 0 aromatic heterocycles. The summed E-state index contributed by atoms with van der Waals surface area (Å²) in [6.07, 6.45) is 1.11. The first-order chi connectivity index (χ1) is 10.5. The van der Waals surface area contributed by atoms with Gasteiger partial charge >= 0.3 is 0 Å². The van der Waals surface area contributed by atoms with E-state index in [-0.39, 0.29) is 30.1 Å². The quantitative estimate of drug-likeness (QED) is 0.865. The lowest BCUT2D eigenvalue weighted by Gasteiger charge is -2.17. The second kappa shape index (κ2) is 7.06. The number of carbonyl (C=O) groups excluding carboxylic acids is 3. The Labute approximate surface area is 129 Å². The zero-order chi connectivity index (χ0) is 16.1. The molecule has 6 heteroatoms. The molecule has 1 aliphatic rings. The van der Waals surface area contributed by atoms with Crippen LogP contribution in [0.4, 0.5) is 11.4 Å². The first kappa shape index (κ1) is 16.0. The van der Waals surface area contributed by atoms with Crippen LogP contribution in [0.2, 0.25) is 0 Å². The monoisotopic (exact) mass is 303 g/mol. The van der Waals surface area contributed by atoms with Crippen molar-refractivity contribution in [3.8, 4) is 0 Å². The second-order valence-corrected chi connectivity index (χ2v) is 5.42. The number of hydrogen-bond donors (Lipinski definition) is 2. The zero-order valence-electron chi connectivity index (χ0n) is 12.9. The summed E-state index contributed by atoms with van der Waals surface area (Å²) < 4.78 is 0. The number of hydrogen-bond acceptors (Lipinski definition) is 3. The van der Waals surface area contributed by atoms with Crippen LogP contribution in [-0.2, 0) is 14.4 Å². The van der Waals surface area contributed by atoms with Crippen LogP contribution in [0.3, 0.4) is 0 Å². The molecule has 2 rings (SSSR count). The molecule has 1 aromatic carbocycles. The van der Waals surface area contributed by atoms with Crippen molar-refractivity contribution >= 4 is 29.1 Å². The SMILES string of the molecule is CCCNC(=O)C1CC(=O)N(c2ccc(NC(C)=O)cc2)C1. The van der Waals surface area contributed by atoms with Crippen LogP contribution >= 0.6 is 0 Å². The molecule has 1 heterocycles. The summed E-state index contributed by atoms with van der Waals surface area (Å²) in [5.74, 6) is -0.553. The number of nitrogens with zero attached hydrogens (tertiary/aromatic N) is 1. The molecule has 0 bridgehead atoms. The number of nitrogens with one attached hydrogen (secondary N) is 2. The molecule has 22 heavy (non-hydrogen) atoms. The number of benzene rings is 1. The molecule has 1 aliphatic heterocycles. The highest BCUT2D eigenvalue weighted by molar-refractivity contribution is 6.00. The van der Waals surface area contributed by atoms with Gasteiger partial charge in [-0.25, -0.2) is 0 Å². The summed E-state index contributed by atoms with van der Waals surface area (Å²) in [5, 5.41) is 5.51. The molecule has 1 aromatic rings. The maximum Gasteiger partial charge on any atom is 0.227 e. The van der Waals surface area contributed by atoms with Crippen molar-refractivity contribution in [1.29, 1.82) is 0 Å². The van der Waals surface area contributed by atoms with Crippen molar-refractivity contribution in [2.45, 2.75) is 26.7 Å². The van der Waals surface area contributed by atoms with Gasteiger partial charge in [-0.1, -0.05) is 6.92 Å². The van der Waals surface area contributed by atoms with Crippen LogP contribution in [0, 0.1) is 5.92 Å². The largest absolute Gasteiger partial charge is 0.356 e. The van der Waals surface area contributed by atoms with Crippen LogP contribution in [0.15, 0.2) is 24.3 Å². The van der Waals surface area contributed by atoms with E-state index in [1.807, 2.05) is 6.92 Å². The molecule has 0 saturated carbocycles. The van der Waals surface area contributed by atoms with Crippen LogP contribution in [0.5, 0.6) is 0 Å². The molecular formula is C16H21N3O3. The van der Waals surface area contributed by atoms with Crippen molar-refractivity contribution < 1.29 is 14.4 Å². The lowest BCUT2D eigenvalue weighted by Crippen LogP contribution is -2.33. The standard InChI is InChI=1S/C16H21N3O3/c1-3-8-17-16(22)12-9-15(21)19(10-12)14-6-4-13(5-7-14)18-11(2)20/h4-7,12H,3,8-10H2,1-2H3,(H,17,22)(H,18,20). The average molecular weight is 303 g/mol. The van der Waals surface area contributed by atoms with E-state index in [1.54, 1.807) is 29.2 Å². The molecule has 1 atom stereocenters. The highest BCUT2D eigenvalue weighted by atomic mass is 16.2. The van der Waals surface area contributed by atoms with Gasteiger partial charge in [0.25, 0.3) is 0 Å². The van der Waals surface area contributed by atoms with E-state index in [0.717, 1.165) is 12.1 Å². The maximum absolute atomic E-state index is 12.1. The van der Waals surface area contributed by atoms with Crippen molar-refractivity contribution in [1.82, 2.24) is 5.32 Å². The molecule has 2 N–H and O–H groups in total. The van der Waals surface area contributed by atoms with Crippen LogP contribution in [0.1, 0.15) is 26.7 Å². The van der Waals surface area contributed by atoms with Gasteiger partial charge in [-0.05, 0) is 30.7 Å². The summed E-state index contributed by atoms with van der Waals surface area (Å²) >= 11 is 0. The predicted molar refractivity (Wildman–Crippen MR) is 84.5 cm³/mol. The molecule has 6 nitrogen and oxygen atoms in total. The Bertz CT molecular complexity index is 569. The maximum atomic E-state index is 12.1. The molecule has 0 aliphatic carbocycles. The summed E-state index contributed by atoms with van der Waals surface area (Å²) in [4.78, 5) is 36.7. The molecular weight excluding hydrogens is 282 g/mol. The van der Waals surface area contributed by atoms with E-state index in [0.29, 0.717) is 18.8 Å². The van der Waals surface area contributed by atoms with Crippen LogP contribution in [0.25, 0.3) is 0 Å². The van der Waals surface area contributed by atoms with Gasteiger partial charge in [0, 0.05) is 37.8 Å². The Morgan fingerprint density at radius 3 is 2.55 bits per heavy atom. The van der Waals surface area contributed by atoms with Gasteiger partial charge in [0.05, 0.1) is 5.92 Å². The molecule has 1 unspecified atom stereocenters. The highest BCUT2D eigenvalue weighted by Crippen LogP contribution is 2.26. The summed E-state index contributed by atoms with van der Waals surface area (Å²) in [6.45, 7) is 4.46. The fraction of sp³-hybridized carbons (Fsp3) is 0.438. The molecule has 118 valence electrons. The second-order valence-electron chi connectivity index (χ2n) is 5.42. The van der Waals surface area contributed by atoms with E-state index < -0.39 is 0 Å². The van der Waals surface area contributed by atoms with E-state index in [1.165, 1.54) is 6.92 Å². The van der Waals surface area contributed by atoms with Gasteiger partial charge in [0.1, 0.15) is 0 Å². The lowest BCUT2D eigenvalue weighted by molar-refractivity contribution is -0.126. The van der Waals surface area contributed by atoms with Gasteiger partial charge in [-0.15, -0.1) is 0 Å². The van der Waals surface area contributed by atoms with E-state index in [9.17, 15) is 14.4 Å². The lowest BCUT2D eigenvalue weighted by atomic mass is 10.1. The minimum Gasteiger partial charge on any atom is -0.356 e. The van der Waals surface area contributed by atoms with Crippen LogP contribution < -0.4 is 15.5 Å². The number of rotatable bonds is 5. The fourth-order valence-corrected chi connectivity index (χ4v) is 2.45.